The molecule has 0 saturated heterocycles. The van der Waals surface area contributed by atoms with Crippen LogP contribution >= 0.6 is 0 Å². The first-order chi connectivity index (χ1) is 10.9. The number of benzene rings is 1. The van der Waals surface area contributed by atoms with Crippen LogP contribution in [0.1, 0.15) is 34.4 Å². The van der Waals surface area contributed by atoms with Gasteiger partial charge < -0.3 is 4.74 Å². The Balaban J connectivity index is 1.96. The molecule has 0 saturated carbocycles. The van der Waals surface area contributed by atoms with Crippen LogP contribution in [0.4, 0.5) is 0 Å². The van der Waals surface area contributed by atoms with Crippen LogP contribution in [0.5, 0.6) is 5.75 Å². The van der Waals surface area contributed by atoms with Gasteiger partial charge in [-0.25, -0.2) is 8.42 Å². The van der Waals surface area contributed by atoms with Gasteiger partial charge in [0.25, 0.3) is 0 Å². The van der Waals surface area contributed by atoms with Crippen molar-refractivity contribution in [2.24, 2.45) is 0 Å². The average Bonchev–Trinajstić information content (AvgIpc) is 2.98. The van der Waals surface area contributed by atoms with Crippen LogP contribution in [0.2, 0.25) is 0 Å². The van der Waals surface area contributed by atoms with Gasteiger partial charge in [-0.2, -0.15) is 0 Å². The lowest BCUT2D eigenvalue weighted by atomic mass is 10.1. The molecular formula is C18H21NO3S. The molecule has 4 nitrogen and oxygen atoms in total. The zero-order valence-electron chi connectivity index (χ0n) is 13.7. The molecule has 3 rings (SSSR count). The van der Waals surface area contributed by atoms with Gasteiger partial charge in [0.15, 0.2) is 9.84 Å². The summed E-state index contributed by atoms with van der Waals surface area (Å²) in [6.45, 7) is 3.75. The van der Waals surface area contributed by atoms with E-state index in [0.717, 1.165) is 36.0 Å². The summed E-state index contributed by atoms with van der Waals surface area (Å²) in [5, 5.41) is 0. The van der Waals surface area contributed by atoms with Crippen LogP contribution in [0, 0.1) is 13.8 Å². The molecule has 0 N–H and O–H groups in total. The van der Waals surface area contributed by atoms with Crippen molar-refractivity contribution in [3.63, 3.8) is 0 Å². The van der Waals surface area contributed by atoms with E-state index in [2.05, 4.69) is 4.98 Å². The van der Waals surface area contributed by atoms with E-state index >= 15 is 0 Å². The van der Waals surface area contributed by atoms with E-state index in [-0.39, 0.29) is 5.75 Å². The van der Waals surface area contributed by atoms with E-state index in [1.165, 1.54) is 5.56 Å². The Labute approximate surface area is 137 Å². The van der Waals surface area contributed by atoms with E-state index < -0.39 is 9.84 Å². The van der Waals surface area contributed by atoms with Crippen LogP contribution in [-0.2, 0) is 28.4 Å². The molecule has 0 aliphatic heterocycles. The Bertz CT molecular complexity index is 857. The normalized spacial score (nSPS) is 13.9. The summed E-state index contributed by atoms with van der Waals surface area (Å²) in [5.74, 6) is 0.605. The molecule has 0 unspecified atom stereocenters. The fraction of sp³-hybridized carbons (Fsp3) is 0.389. The Kier molecular flexibility index (Phi) is 4.15. The van der Waals surface area contributed by atoms with Gasteiger partial charge >= 0.3 is 0 Å². The highest BCUT2D eigenvalue weighted by atomic mass is 32.2. The molecule has 1 aliphatic rings. The van der Waals surface area contributed by atoms with Gasteiger partial charge in [0.2, 0.25) is 0 Å². The number of fused-ring (bicyclic) bond motifs is 1. The van der Waals surface area contributed by atoms with Gasteiger partial charge in [-0.05, 0) is 56.4 Å². The molecule has 0 bridgehead atoms. The third-order valence-corrected chi connectivity index (χ3v) is 6.13. The number of nitrogens with zero attached hydrogens (tertiary/aromatic N) is 1. The summed E-state index contributed by atoms with van der Waals surface area (Å²) in [5.41, 5.74) is 4.68. The Hall–Kier alpha value is -1.88. The highest BCUT2D eigenvalue weighted by Crippen LogP contribution is 2.29. The third-order valence-electron chi connectivity index (χ3n) is 4.51. The zero-order chi connectivity index (χ0) is 16.6. The standard InChI is InChI=1S/C18H21NO3S/c1-12-10-19-17(13(2)18(12)22-3)11-23(20,21)16-8-7-14-5-4-6-15(14)9-16/h7-10H,4-6,11H2,1-3H3. The largest absolute Gasteiger partial charge is 0.496 e. The number of ether oxygens (including phenoxy) is 1. The predicted octanol–water partition coefficient (Wildman–Crippen LogP) is 3.17. The Morgan fingerprint density at radius 3 is 2.65 bits per heavy atom. The van der Waals surface area contributed by atoms with Crippen LogP contribution in [-0.4, -0.2) is 20.5 Å². The monoisotopic (exact) mass is 331 g/mol. The van der Waals surface area contributed by atoms with Gasteiger partial charge in [0.05, 0.1) is 23.5 Å². The molecule has 0 spiro atoms. The quantitative estimate of drug-likeness (QED) is 0.863. The summed E-state index contributed by atoms with van der Waals surface area (Å²) in [6.07, 6.45) is 4.79. The van der Waals surface area contributed by atoms with E-state index in [4.69, 9.17) is 4.74 Å². The van der Waals surface area contributed by atoms with Crippen molar-refractivity contribution in [2.45, 2.75) is 43.8 Å². The molecule has 5 heteroatoms. The van der Waals surface area contributed by atoms with Crippen LogP contribution < -0.4 is 4.74 Å². The van der Waals surface area contributed by atoms with Gasteiger partial charge in [0, 0.05) is 17.3 Å². The summed E-state index contributed by atoms with van der Waals surface area (Å²) in [6, 6.07) is 5.50. The minimum absolute atomic E-state index is 0.103. The van der Waals surface area contributed by atoms with E-state index in [0.29, 0.717) is 16.3 Å². The molecule has 0 radical (unpaired) electrons. The molecule has 1 aromatic heterocycles. The Morgan fingerprint density at radius 2 is 1.91 bits per heavy atom. The van der Waals surface area contributed by atoms with Crippen molar-refractivity contribution < 1.29 is 13.2 Å². The van der Waals surface area contributed by atoms with Crippen LogP contribution in [0.15, 0.2) is 29.3 Å². The van der Waals surface area contributed by atoms with E-state index in [1.54, 1.807) is 19.4 Å². The summed E-state index contributed by atoms with van der Waals surface area (Å²) < 4.78 is 30.9. The fourth-order valence-electron chi connectivity index (χ4n) is 3.22. The minimum Gasteiger partial charge on any atom is -0.496 e. The smallest absolute Gasteiger partial charge is 0.184 e. The summed E-state index contributed by atoms with van der Waals surface area (Å²) >= 11 is 0. The first-order valence-electron chi connectivity index (χ1n) is 7.76. The average molecular weight is 331 g/mol. The molecule has 1 aliphatic carbocycles. The van der Waals surface area contributed by atoms with E-state index in [9.17, 15) is 8.42 Å². The van der Waals surface area contributed by atoms with Gasteiger partial charge in [-0.3, -0.25) is 4.98 Å². The van der Waals surface area contributed by atoms with Gasteiger partial charge in [-0.1, -0.05) is 6.07 Å². The second-order valence-corrected chi connectivity index (χ2v) is 8.08. The molecule has 2 aromatic rings. The maximum atomic E-state index is 12.8. The fourth-order valence-corrected chi connectivity index (χ4v) is 4.64. The lowest BCUT2D eigenvalue weighted by Crippen LogP contribution is -2.09. The van der Waals surface area contributed by atoms with Crippen LogP contribution in [0.3, 0.4) is 0 Å². The molecule has 23 heavy (non-hydrogen) atoms. The van der Waals surface area contributed by atoms with Gasteiger partial charge in [-0.15, -0.1) is 0 Å². The first kappa shape index (κ1) is 16.0. The molecule has 122 valence electrons. The van der Waals surface area contributed by atoms with Crippen molar-refractivity contribution in [3.8, 4) is 5.75 Å². The van der Waals surface area contributed by atoms with Crippen molar-refractivity contribution in [2.75, 3.05) is 7.11 Å². The zero-order valence-corrected chi connectivity index (χ0v) is 14.5. The predicted molar refractivity (Wildman–Crippen MR) is 89.6 cm³/mol. The van der Waals surface area contributed by atoms with E-state index in [1.807, 2.05) is 26.0 Å². The van der Waals surface area contributed by atoms with Crippen molar-refractivity contribution >= 4 is 9.84 Å². The second-order valence-electron chi connectivity index (χ2n) is 6.09. The maximum absolute atomic E-state index is 12.8. The summed E-state index contributed by atoms with van der Waals surface area (Å²) in [7, 11) is -1.82. The molecule has 0 amide bonds. The number of methoxy groups -OCH3 is 1. The number of sulfone groups is 1. The van der Waals surface area contributed by atoms with Crippen LogP contribution in [0.25, 0.3) is 0 Å². The lowest BCUT2D eigenvalue weighted by Gasteiger charge is -2.13. The number of aryl methyl sites for hydroxylation is 3. The lowest BCUT2D eigenvalue weighted by molar-refractivity contribution is 0.407. The number of rotatable bonds is 4. The SMILES string of the molecule is COc1c(C)cnc(CS(=O)(=O)c2ccc3c(c2)CCC3)c1C. The van der Waals surface area contributed by atoms with Crippen molar-refractivity contribution in [3.05, 3.63) is 52.3 Å². The molecular weight excluding hydrogens is 310 g/mol. The first-order valence-corrected chi connectivity index (χ1v) is 9.41. The highest BCUT2D eigenvalue weighted by molar-refractivity contribution is 7.90. The molecule has 0 atom stereocenters. The van der Waals surface area contributed by atoms with Crippen molar-refractivity contribution in [1.82, 2.24) is 4.98 Å². The molecule has 0 fully saturated rings. The maximum Gasteiger partial charge on any atom is 0.184 e. The number of pyridine rings is 1. The topological polar surface area (TPSA) is 56.3 Å². The van der Waals surface area contributed by atoms with Crippen molar-refractivity contribution in [1.29, 1.82) is 0 Å². The molecule has 1 heterocycles. The second kappa shape index (κ2) is 5.96. The van der Waals surface area contributed by atoms with Gasteiger partial charge in [0.1, 0.15) is 5.75 Å². The highest BCUT2D eigenvalue weighted by Gasteiger charge is 2.22. The molecule has 1 aromatic carbocycles. The number of hydrogen-bond acceptors (Lipinski definition) is 4. The third kappa shape index (κ3) is 2.98. The summed E-state index contributed by atoms with van der Waals surface area (Å²) in [4.78, 5) is 4.70. The minimum atomic E-state index is -3.41. The Morgan fingerprint density at radius 1 is 1.17 bits per heavy atom. The number of hydrogen-bond donors (Lipinski definition) is 0. The number of aromatic nitrogens is 1.